The fraction of sp³-hybridized carbons (Fsp3) is 0.429. The van der Waals surface area contributed by atoms with Crippen LogP contribution in [0.5, 0.6) is 0 Å². The molecule has 0 aromatic carbocycles. The van der Waals surface area contributed by atoms with E-state index in [1.54, 1.807) is 19.3 Å². The van der Waals surface area contributed by atoms with E-state index in [0.717, 1.165) is 28.0 Å². The highest BCUT2D eigenvalue weighted by molar-refractivity contribution is 9.10. The molecule has 0 aliphatic heterocycles. The maximum absolute atomic E-state index is 10.7. The number of aromatic nitrogens is 3. The van der Waals surface area contributed by atoms with Crippen molar-refractivity contribution in [3.8, 4) is 0 Å². The van der Waals surface area contributed by atoms with Gasteiger partial charge in [0.1, 0.15) is 0 Å². The van der Waals surface area contributed by atoms with Crippen LogP contribution in [0.25, 0.3) is 0 Å². The number of halogens is 1. The molecule has 4 nitrogen and oxygen atoms in total. The van der Waals surface area contributed by atoms with Gasteiger partial charge >= 0.3 is 0 Å². The lowest BCUT2D eigenvalue weighted by molar-refractivity contribution is 0.0548. The molecule has 1 unspecified atom stereocenters. The van der Waals surface area contributed by atoms with Gasteiger partial charge in [-0.3, -0.25) is 9.67 Å². The van der Waals surface area contributed by atoms with Crippen molar-refractivity contribution in [2.45, 2.75) is 39.3 Å². The first-order valence-electron chi connectivity index (χ1n) is 6.30. The summed E-state index contributed by atoms with van der Waals surface area (Å²) in [4.78, 5) is 4.07. The molecule has 2 rings (SSSR count). The van der Waals surface area contributed by atoms with Crippen LogP contribution < -0.4 is 0 Å². The standard InChI is InChI=1S/C14H18BrN3O/c1-4-18-12(13(15)10(2)17-18)8-14(3,19)11-6-5-7-16-9-11/h5-7,9,19H,4,8H2,1-3H3. The van der Waals surface area contributed by atoms with Crippen LogP contribution >= 0.6 is 15.9 Å². The van der Waals surface area contributed by atoms with Gasteiger partial charge in [0.15, 0.2) is 0 Å². The zero-order valence-corrected chi connectivity index (χ0v) is 13.0. The predicted octanol–water partition coefficient (Wildman–Crippen LogP) is 2.82. The molecule has 0 saturated heterocycles. The molecular formula is C14H18BrN3O. The number of hydrogen-bond acceptors (Lipinski definition) is 3. The third kappa shape index (κ3) is 2.87. The summed E-state index contributed by atoms with van der Waals surface area (Å²) in [6.45, 7) is 6.59. The molecular weight excluding hydrogens is 306 g/mol. The lowest BCUT2D eigenvalue weighted by atomic mass is 9.92. The van der Waals surface area contributed by atoms with Crippen LogP contribution in [0.2, 0.25) is 0 Å². The van der Waals surface area contributed by atoms with Crippen LogP contribution in [-0.4, -0.2) is 19.9 Å². The maximum Gasteiger partial charge on any atom is 0.0938 e. The fourth-order valence-electron chi connectivity index (χ4n) is 2.15. The molecule has 2 aromatic rings. The van der Waals surface area contributed by atoms with Gasteiger partial charge in [-0.2, -0.15) is 5.10 Å². The Morgan fingerprint density at radius 1 is 1.47 bits per heavy atom. The second-order valence-corrected chi connectivity index (χ2v) is 5.65. The van der Waals surface area contributed by atoms with Crippen molar-refractivity contribution in [1.82, 2.24) is 14.8 Å². The quantitative estimate of drug-likeness (QED) is 0.941. The molecule has 0 amide bonds. The van der Waals surface area contributed by atoms with Crippen LogP contribution in [-0.2, 0) is 18.6 Å². The average Bonchev–Trinajstić information content (AvgIpc) is 2.67. The summed E-state index contributed by atoms with van der Waals surface area (Å²) in [5, 5.41) is 15.1. The van der Waals surface area contributed by atoms with Crippen molar-refractivity contribution in [2.24, 2.45) is 0 Å². The third-order valence-corrected chi connectivity index (χ3v) is 4.28. The van der Waals surface area contributed by atoms with E-state index in [1.165, 1.54) is 0 Å². The largest absolute Gasteiger partial charge is 0.385 e. The van der Waals surface area contributed by atoms with E-state index in [4.69, 9.17) is 0 Å². The van der Waals surface area contributed by atoms with Gasteiger partial charge in [0.2, 0.25) is 0 Å². The zero-order chi connectivity index (χ0) is 14.0. The van der Waals surface area contributed by atoms with Crippen LogP contribution in [0.4, 0.5) is 0 Å². The molecule has 0 radical (unpaired) electrons. The molecule has 0 fully saturated rings. The van der Waals surface area contributed by atoms with Crippen molar-refractivity contribution in [3.05, 3.63) is 46.0 Å². The van der Waals surface area contributed by atoms with Gasteiger partial charge in [-0.25, -0.2) is 0 Å². The van der Waals surface area contributed by atoms with Gasteiger partial charge in [-0.1, -0.05) is 6.07 Å². The number of rotatable bonds is 4. The lowest BCUT2D eigenvalue weighted by Gasteiger charge is -2.24. The summed E-state index contributed by atoms with van der Waals surface area (Å²) >= 11 is 3.56. The topological polar surface area (TPSA) is 50.9 Å². The summed E-state index contributed by atoms with van der Waals surface area (Å²) in [5.74, 6) is 0. The molecule has 1 N–H and O–H groups in total. The second-order valence-electron chi connectivity index (χ2n) is 4.85. The molecule has 0 bridgehead atoms. The van der Waals surface area contributed by atoms with E-state index in [1.807, 2.05) is 30.7 Å². The predicted molar refractivity (Wildman–Crippen MR) is 77.8 cm³/mol. The van der Waals surface area contributed by atoms with E-state index >= 15 is 0 Å². The minimum atomic E-state index is -0.962. The van der Waals surface area contributed by atoms with E-state index in [0.29, 0.717) is 6.42 Å². The van der Waals surface area contributed by atoms with Gasteiger partial charge in [-0.15, -0.1) is 0 Å². The Morgan fingerprint density at radius 2 is 2.21 bits per heavy atom. The van der Waals surface area contributed by atoms with Crippen molar-refractivity contribution in [1.29, 1.82) is 0 Å². The van der Waals surface area contributed by atoms with E-state index < -0.39 is 5.60 Å². The first-order chi connectivity index (χ1) is 8.95. The second kappa shape index (κ2) is 5.43. The highest BCUT2D eigenvalue weighted by atomic mass is 79.9. The van der Waals surface area contributed by atoms with Crippen molar-refractivity contribution in [3.63, 3.8) is 0 Å². The molecule has 1 atom stereocenters. The van der Waals surface area contributed by atoms with Gasteiger partial charge in [0.25, 0.3) is 0 Å². The van der Waals surface area contributed by atoms with Crippen LogP contribution in [0, 0.1) is 6.92 Å². The fourth-order valence-corrected chi connectivity index (χ4v) is 2.57. The maximum atomic E-state index is 10.7. The van der Waals surface area contributed by atoms with Gasteiger partial charge in [0, 0.05) is 30.9 Å². The minimum absolute atomic E-state index is 0.494. The molecule has 0 spiro atoms. The van der Waals surface area contributed by atoms with Crippen LogP contribution in [0.1, 0.15) is 30.8 Å². The van der Waals surface area contributed by atoms with E-state index in [2.05, 4.69) is 26.0 Å². The SMILES string of the molecule is CCn1nc(C)c(Br)c1CC(C)(O)c1cccnc1. The normalized spacial score (nSPS) is 14.4. The molecule has 102 valence electrons. The molecule has 0 saturated carbocycles. The summed E-state index contributed by atoms with van der Waals surface area (Å²) in [7, 11) is 0. The molecule has 0 aliphatic rings. The number of aliphatic hydroxyl groups is 1. The highest BCUT2D eigenvalue weighted by Gasteiger charge is 2.27. The Bertz CT molecular complexity index is 564. The average molecular weight is 324 g/mol. The van der Waals surface area contributed by atoms with Crippen molar-refractivity contribution in [2.75, 3.05) is 0 Å². The summed E-state index contributed by atoms with van der Waals surface area (Å²) in [5.41, 5.74) is 1.80. The smallest absolute Gasteiger partial charge is 0.0938 e. The lowest BCUT2D eigenvalue weighted by Crippen LogP contribution is -2.26. The zero-order valence-electron chi connectivity index (χ0n) is 11.4. The molecule has 5 heteroatoms. The monoisotopic (exact) mass is 323 g/mol. The van der Waals surface area contributed by atoms with E-state index in [-0.39, 0.29) is 0 Å². The molecule has 0 aliphatic carbocycles. The third-order valence-electron chi connectivity index (χ3n) is 3.25. The number of pyridine rings is 1. The van der Waals surface area contributed by atoms with Gasteiger partial charge in [-0.05, 0) is 42.8 Å². The van der Waals surface area contributed by atoms with Gasteiger partial charge < -0.3 is 5.11 Å². The van der Waals surface area contributed by atoms with Crippen molar-refractivity contribution < 1.29 is 5.11 Å². The van der Waals surface area contributed by atoms with Gasteiger partial charge in [0.05, 0.1) is 21.5 Å². The van der Waals surface area contributed by atoms with Crippen molar-refractivity contribution >= 4 is 15.9 Å². The Hall–Kier alpha value is -1.20. The van der Waals surface area contributed by atoms with E-state index in [9.17, 15) is 5.11 Å². The number of nitrogens with zero attached hydrogens (tertiary/aromatic N) is 3. The Labute approximate surface area is 121 Å². The number of aryl methyl sites for hydroxylation is 2. The van der Waals surface area contributed by atoms with Crippen LogP contribution in [0.15, 0.2) is 29.0 Å². The summed E-state index contributed by atoms with van der Waals surface area (Å²) < 4.78 is 2.89. The Balaban J connectivity index is 2.35. The summed E-state index contributed by atoms with van der Waals surface area (Å²) in [6, 6.07) is 3.72. The Morgan fingerprint density at radius 3 is 2.79 bits per heavy atom. The summed E-state index contributed by atoms with van der Waals surface area (Å²) in [6.07, 6.45) is 3.90. The number of hydrogen-bond donors (Lipinski definition) is 1. The van der Waals surface area contributed by atoms with Crippen LogP contribution in [0.3, 0.4) is 0 Å². The molecule has 19 heavy (non-hydrogen) atoms. The molecule has 2 aromatic heterocycles. The highest BCUT2D eigenvalue weighted by Crippen LogP contribution is 2.30. The first kappa shape index (κ1) is 14.2. The first-order valence-corrected chi connectivity index (χ1v) is 7.09. The Kier molecular flexibility index (Phi) is 4.06. The minimum Gasteiger partial charge on any atom is -0.385 e. The molecule has 2 heterocycles.